The van der Waals surface area contributed by atoms with Gasteiger partial charge in [0.1, 0.15) is 0 Å². The van der Waals surface area contributed by atoms with Gasteiger partial charge in [-0.05, 0) is 42.8 Å². The minimum absolute atomic E-state index is 0.00469. The zero-order valence-corrected chi connectivity index (χ0v) is 15.2. The average Bonchev–Trinajstić information content (AvgIpc) is 2.67. The van der Waals surface area contributed by atoms with Crippen LogP contribution in [0.2, 0.25) is 0 Å². The van der Waals surface area contributed by atoms with Gasteiger partial charge in [-0.25, -0.2) is 0 Å². The van der Waals surface area contributed by atoms with E-state index in [9.17, 15) is 27.9 Å². The van der Waals surface area contributed by atoms with E-state index in [1.165, 1.54) is 25.1 Å². The van der Waals surface area contributed by atoms with Crippen LogP contribution in [-0.2, 0) is 15.8 Å². The van der Waals surface area contributed by atoms with Crippen LogP contribution in [0.3, 0.4) is 0 Å². The molecule has 1 amide bonds. The summed E-state index contributed by atoms with van der Waals surface area (Å²) in [6.07, 6.45) is -4.86. The number of anilines is 1. The highest BCUT2D eigenvalue weighted by molar-refractivity contribution is 6.03. The van der Waals surface area contributed by atoms with Gasteiger partial charge in [-0.3, -0.25) is 9.69 Å². The Labute approximate surface area is 164 Å². The fourth-order valence-corrected chi connectivity index (χ4v) is 3.45. The Hall–Kier alpha value is -3.60. The SMILES string of the molecule is CC1=C(C(=O)[O-])C(c2ccc(C#N)cc2)CC(=O)N1c1cccc(C(F)(F)F)c1. The summed E-state index contributed by atoms with van der Waals surface area (Å²) in [6.45, 7) is 1.36. The van der Waals surface area contributed by atoms with E-state index < -0.39 is 29.5 Å². The molecule has 0 N–H and O–H groups in total. The van der Waals surface area contributed by atoms with Crippen LogP contribution in [0.4, 0.5) is 18.9 Å². The van der Waals surface area contributed by atoms with Crippen molar-refractivity contribution in [1.29, 1.82) is 5.26 Å². The predicted octanol–water partition coefficient (Wildman–Crippen LogP) is 3.12. The maximum atomic E-state index is 13.0. The Morgan fingerprint density at radius 3 is 2.41 bits per heavy atom. The molecule has 29 heavy (non-hydrogen) atoms. The lowest BCUT2D eigenvalue weighted by Crippen LogP contribution is -2.41. The largest absolute Gasteiger partial charge is 0.545 e. The van der Waals surface area contributed by atoms with Gasteiger partial charge < -0.3 is 9.90 Å². The first-order chi connectivity index (χ1) is 13.6. The van der Waals surface area contributed by atoms with Gasteiger partial charge in [0.05, 0.1) is 23.2 Å². The highest BCUT2D eigenvalue weighted by atomic mass is 19.4. The summed E-state index contributed by atoms with van der Waals surface area (Å²) in [6, 6.07) is 12.2. The highest BCUT2D eigenvalue weighted by Gasteiger charge is 2.36. The Bertz CT molecular complexity index is 1050. The number of alkyl halides is 3. The second kappa shape index (κ2) is 7.43. The topological polar surface area (TPSA) is 84.2 Å². The van der Waals surface area contributed by atoms with E-state index in [-0.39, 0.29) is 23.4 Å². The first-order valence-electron chi connectivity index (χ1n) is 8.56. The number of rotatable bonds is 3. The number of carboxylic acids is 1. The maximum absolute atomic E-state index is 13.0. The van der Waals surface area contributed by atoms with Crippen molar-refractivity contribution in [3.8, 4) is 6.07 Å². The number of hydrogen-bond acceptors (Lipinski definition) is 4. The van der Waals surface area contributed by atoms with Crippen molar-refractivity contribution in [1.82, 2.24) is 0 Å². The molecule has 1 heterocycles. The third-order valence-corrected chi connectivity index (χ3v) is 4.80. The quantitative estimate of drug-likeness (QED) is 0.794. The molecule has 2 aromatic carbocycles. The predicted molar refractivity (Wildman–Crippen MR) is 95.2 cm³/mol. The van der Waals surface area contributed by atoms with Gasteiger partial charge >= 0.3 is 6.18 Å². The molecule has 1 aliphatic rings. The Morgan fingerprint density at radius 2 is 1.86 bits per heavy atom. The van der Waals surface area contributed by atoms with Gasteiger partial charge in [0, 0.05) is 29.3 Å². The van der Waals surface area contributed by atoms with E-state index in [2.05, 4.69) is 0 Å². The Kier molecular flexibility index (Phi) is 5.16. The summed E-state index contributed by atoms with van der Waals surface area (Å²) < 4.78 is 39.1. The molecule has 0 fully saturated rings. The number of benzene rings is 2. The number of carbonyl (C=O) groups is 2. The number of hydrogen-bond donors (Lipinski definition) is 0. The monoisotopic (exact) mass is 399 g/mol. The molecular formula is C21H14F3N2O3-. The summed E-state index contributed by atoms with van der Waals surface area (Å²) in [7, 11) is 0. The summed E-state index contributed by atoms with van der Waals surface area (Å²) in [5.41, 5.74) is -0.336. The molecule has 8 heteroatoms. The first kappa shape index (κ1) is 20.1. The van der Waals surface area contributed by atoms with Crippen molar-refractivity contribution in [3.63, 3.8) is 0 Å². The number of halogens is 3. The molecule has 0 spiro atoms. The fourth-order valence-electron chi connectivity index (χ4n) is 3.45. The lowest BCUT2D eigenvalue weighted by atomic mass is 9.83. The summed E-state index contributed by atoms with van der Waals surface area (Å²) in [5.74, 6) is -2.88. The number of amides is 1. The van der Waals surface area contributed by atoms with Crippen LogP contribution in [0.25, 0.3) is 0 Å². The summed E-state index contributed by atoms with van der Waals surface area (Å²) in [4.78, 5) is 25.6. The molecule has 2 aromatic rings. The minimum Gasteiger partial charge on any atom is -0.545 e. The third-order valence-electron chi connectivity index (χ3n) is 4.80. The van der Waals surface area contributed by atoms with E-state index in [1.807, 2.05) is 6.07 Å². The number of allylic oxidation sites excluding steroid dienone is 1. The van der Waals surface area contributed by atoms with Crippen molar-refractivity contribution >= 4 is 17.6 Å². The zero-order chi connectivity index (χ0) is 21.3. The van der Waals surface area contributed by atoms with Crippen molar-refractivity contribution in [3.05, 3.63) is 76.5 Å². The van der Waals surface area contributed by atoms with Gasteiger partial charge in [0.25, 0.3) is 0 Å². The smallest absolute Gasteiger partial charge is 0.416 e. The fraction of sp³-hybridized carbons (Fsp3) is 0.190. The van der Waals surface area contributed by atoms with Gasteiger partial charge in [-0.2, -0.15) is 18.4 Å². The van der Waals surface area contributed by atoms with Crippen LogP contribution in [0, 0.1) is 11.3 Å². The first-order valence-corrected chi connectivity index (χ1v) is 8.56. The molecule has 0 radical (unpaired) electrons. The van der Waals surface area contributed by atoms with Crippen LogP contribution in [0.5, 0.6) is 0 Å². The van der Waals surface area contributed by atoms with Crippen molar-refractivity contribution in [2.24, 2.45) is 0 Å². The van der Waals surface area contributed by atoms with Crippen LogP contribution in [0.1, 0.15) is 36.0 Å². The number of aliphatic carboxylic acids is 1. The zero-order valence-electron chi connectivity index (χ0n) is 15.2. The van der Waals surface area contributed by atoms with Gasteiger partial charge in [0.15, 0.2) is 0 Å². The summed E-state index contributed by atoms with van der Waals surface area (Å²) in [5, 5.41) is 20.7. The standard InChI is InChI=1S/C21H15F3N2O3/c1-12-19(20(28)29)17(14-7-5-13(11-25)6-8-14)10-18(27)26(12)16-4-2-3-15(9-16)21(22,23)24/h2-9,17H,10H2,1H3,(H,28,29)/p-1. The number of nitrogens with zero attached hydrogens (tertiary/aromatic N) is 2. The van der Waals surface area contributed by atoms with E-state index in [1.54, 1.807) is 12.1 Å². The Morgan fingerprint density at radius 1 is 1.21 bits per heavy atom. The number of carbonyl (C=O) groups excluding carboxylic acids is 2. The van der Waals surface area contributed by atoms with Gasteiger partial charge in [-0.1, -0.05) is 18.2 Å². The molecule has 0 saturated carbocycles. The molecular weight excluding hydrogens is 385 g/mol. The third kappa shape index (κ3) is 3.85. The van der Waals surface area contributed by atoms with E-state index in [4.69, 9.17) is 5.26 Å². The van der Waals surface area contributed by atoms with Crippen molar-refractivity contribution in [2.45, 2.75) is 25.4 Å². The van der Waals surface area contributed by atoms with E-state index in [0.717, 1.165) is 23.1 Å². The molecule has 3 rings (SSSR count). The van der Waals surface area contributed by atoms with Crippen LogP contribution in [-0.4, -0.2) is 11.9 Å². The molecule has 1 aliphatic heterocycles. The molecule has 1 unspecified atom stereocenters. The minimum atomic E-state index is -4.60. The van der Waals surface area contributed by atoms with Crippen LogP contribution < -0.4 is 10.0 Å². The normalized spacial score (nSPS) is 17.3. The highest BCUT2D eigenvalue weighted by Crippen LogP contribution is 2.39. The lowest BCUT2D eigenvalue weighted by molar-refractivity contribution is -0.299. The summed E-state index contributed by atoms with van der Waals surface area (Å²) >= 11 is 0. The molecule has 0 saturated heterocycles. The van der Waals surface area contributed by atoms with Crippen molar-refractivity contribution < 1.29 is 27.9 Å². The number of carboxylic acid groups (broad SMARTS) is 1. The molecule has 0 bridgehead atoms. The second-order valence-corrected chi connectivity index (χ2v) is 6.55. The van der Waals surface area contributed by atoms with Crippen LogP contribution >= 0.6 is 0 Å². The van der Waals surface area contributed by atoms with E-state index in [0.29, 0.717) is 11.1 Å². The number of nitriles is 1. The van der Waals surface area contributed by atoms with Gasteiger partial charge in [-0.15, -0.1) is 0 Å². The maximum Gasteiger partial charge on any atom is 0.416 e. The van der Waals surface area contributed by atoms with Gasteiger partial charge in [0.2, 0.25) is 5.91 Å². The lowest BCUT2D eigenvalue weighted by Gasteiger charge is -2.36. The Balaban J connectivity index is 2.10. The molecule has 1 atom stereocenters. The molecule has 0 aromatic heterocycles. The second-order valence-electron chi connectivity index (χ2n) is 6.55. The molecule has 5 nitrogen and oxygen atoms in total. The van der Waals surface area contributed by atoms with Crippen LogP contribution in [0.15, 0.2) is 59.8 Å². The van der Waals surface area contributed by atoms with E-state index >= 15 is 0 Å². The molecule has 0 aliphatic carbocycles. The average molecular weight is 399 g/mol. The molecule has 148 valence electrons. The van der Waals surface area contributed by atoms with Crippen molar-refractivity contribution in [2.75, 3.05) is 4.90 Å².